The molecule has 134 valence electrons. The van der Waals surface area contributed by atoms with Gasteiger partial charge in [0.05, 0.1) is 31.3 Å². The Bertz CT molecular complexity index is 875. The molecule has 26 heavy (non-hydrogen) atoms. The maximum atomic E-state index is 13.1. The molecule has 2 aliphatic rings. The largest absolute Gasteiger partial charge is 0.379 e. The van der Waals surface area contributed by atoms with E-state index in [1.807, 2.05) is 49.4 Å². The SMILES string of the molecule is Cc1c(Cl)cccc1N=C1C(=O)N(CN2CCOCC2)c2ccccc21. The minimum Gasteiger partial charge on any atom is -0.379 e. The molecule has 2 aromatic carbocycles. The number of hydrogen-bond acceptors (Lipinski definition) is 4. The van der Waals surface area contributed by atoms with Gasteiger partial charge in [0, 0.05) is 23.7 Å². The summed E-state index contributed by atoms with van der Waals surface area (Å²) in [6, 6.07) is 13.4. The Balaban J connectivity index is 1.71. The highest BCUT2D eigenvalue weighted by atomic mass is 35.5. The van der Waals surface area contributed by atoms with E-state index in [1.165, 1.54) is 0 Å². The molecule has 0 N–H and O–H groups in total. The predicted octanol–water partition coefficient (Wildman–Crippen LogP) is 3.41. The van der Waals surface area contributed by atoms with Gasteiger partial charge in [-0.1, -0.05) is 35.9 Å². The molecule has 5 nitrogen and oxygen atoms in total. The van der Waals surface area contributed by atoms with E-state index in [9.17, 15) is 4.79 Å². The van der Waals surface area contributed by atoms with Crippen LogP contribution in [0, 0.1) is 6.92 Å². The highest BCUT2D eigenvalue weighted by Gasteiger charge is 2.35. The Morgan fingerprint density at radius 3 is 2.69 bits per heavy atom. The van der Waals surface area contributed by atoms with Gasteiger partial charge in [-0.15, -0.1) is 0 Å². The molecule has 2 aliphatic heterocycles. The molecule has 2 heterocycles. The number of nitrogens with zero attached hydrogens (tertiary/aromatic N) is 3. The number of benzene rings is 2. The summed E-state index contributed by atoms with van der Waals surface area (Å²) < 4.78 is 5.40. The Kier molecular flexibility index (Phi) is 4.76. The Labute approximate surface area is 157 Å². The molecule has 2 aromatic rings. The van der Waals surface area contributed by atoms with Crippen molar-refractivity contribution in [3.8, 4) is 0 Å². The minimum absolute atomic E-state index is 0.0722. The zero-order valence-corrected chi connectivity index (χ0v) is 15.4. The Hall–Kier alpha value is -2.21. The lowest BCUT2D eigenvalue weighted by atomic mass is 10.1. The number of para-hydroxylation sites is 1. The van der Waals surface area contributed by atoms with E-state index in [0.29, 0.717) is 30.6 Å². The number of halogens is 1. The van der Waals surface area contributed by atoms with Gasteiger partial charge in [0.25, 0.3) is 5.91 Å². The first-order valence-electron chi connectivity index (χ1n) is 8.70. The fraction of sp³-hybridized carbons (Fsp3) is 0.300. The number of fused-ring (bicyclic) bond motifs is 1. The van der Waals surface area contributed by atoms with Gasteiger partial charge in [-0.25, -0.2) is 4.99 Å². The summed E-state index contributed by atoms with van der Waals surface area (Å²) in [7, 11) is 0. The first-order valence-corrected chi connectivity index (χ1v) is 9.08. The van der Waals surface area contributed by atoms with E-state index in [1.54, 1.807) is 4.90 Å². The van der Waals surface area contributed by atoms with Crippen molar-refractivity contribution >= 4 is 34.6 Å². The lowest BCUT2D eigenvalue weighted by Crippen LogP contribution is -2.45. The van der Waals surface area contributed by atoms with Gasteiger partial charge in [-0.3, -0.25) is 14.6 Å². The van der Waals surface area contributed by atoms with Gasteiger partial charge in [0.1, 0.15) is 5.71 Å². The average molecular weight is 370 g/mol. The van der Waals surface area contributed by atoms with Crippen molar-refractivity contribution in [3.05, 3.63) is 58.6 Å². The molecule has 0 unspecified atom stereocenters. The standard InChI is InChI=1S/C20H20ClN3O2/c1-14-16(21)6-4-7-17(14)22-19-15-5-2-3-8-18(15)24(20(19)25)13-23-9-11-26-12-10-23/h2-8H,9-13H2,1H3. The van der Waals surface area contributed by atoms with Crippen LogP contribution in [0.2, 0.25) is 5.02 Å². The summed E-state index contributed by atoms with van der Waals surface area (Å²) in [6.45, 7) is 5.52. The van der Waals surface area contributed by atoms with Crippen LogP contribution in [0.3, 0.4) is 0 Å². The molecule has 4 rings (SSSR count). The summed E-state index contributed by atoms with van der Waals surface area (Å²) in [5, 5.41) is 0.649. The summed E-state index contributed by atoms with van der Waals surface area (Å²) in [5.41, 5.74) is 3.84. The number of amides is 1. The zero-order chi connectivity index (χ0) is 18.1. The summed E-state index contributed by atoms with van der Waals surface area (Å²) in [6.07, 6.45) is 0. The van der Waals surface area contributed by atoms with Crippen molar-refractivity contribution in [2.45, 2.75) is 6.92 Å². The van der Waals surface area contributed by atoms with Crippen LogP contribution in [0.5, 0.6) is 0 Å². The second-order valence-corrected chi connectivity index (χ2v) is 6.87. The number of anilines is 1. The van der Waals surface area contributed by atoms with E-state index in [4.69, 9.17) is 16.3 Å². The van der Waals surface area contributed by atoms with Crippen LogP contribution < -0.4 is 4.90 Å². The molecule has 1 amide bonds. The van der Waals surface area contributed by atoms with Crippen LogP contribution in [0.4, 0.5) is 11.4 Å². The van der Waals surface area contributed by atoms with Gasteiger partial charge < -0.3 is 4.74 Å². The second-order valence-electron chi connectivity index (χ2n) is 6.47. The third-order valence-electron chi connectivity index (χ3n) is 4.81. The molecular weight excluding hydrogens is 350 g/mol. The number of carbonyl (C=O) groups is 1. The number of aliphatic imine (C=N–C) groups is 1. The second kappa shape index (κ2) is 7.19. The van der Waals surface area contributed by atoms with Crippen LogP contribution >= 0.6 is 11.6 Å². The van der Waals surface area contributed by atoms with Crippen molar-refractivity contribution in [2.75, 3.05) is 37.9 Å². The minimum atomic E-state index is -0.0722. The first kappa shape index (κ1) is 17.2. The van der Waals surface area contributed by atoms with Crippen molar-refractivity contribution < 1.29 is 9.53 Å². The third kappa shape index (κ3) is 3.14. The fourth-order valence-corrected chi connectivity index (χ4v) is 3.46. The van der Waals surface area contributed by atoms with Crippen molar-refractivity contribution in [1.29, 1.82) is 0 Å². The number of ether oxygens (including phenoxy) is 1. The summed E-state index contributed by atoms with van der Waals surface area (Å²) in [4.78, 5) is 21.9. The van der Waals surface area contributed by atoms with Crippen molar-refractivity contribution in [2.24, 2.45) is 4.99 Å². The van der Waals surface area contributed by atoms with E-state index in [0.717, 1.165) is 35.6 Å². The predicted molar refractivity (Wildman–Crippen MR) is 104 cm³/mol. The molecule has 1 saturated heterocycles. The molecule has 0 saturated carbocycles. The van der Waals surface area contributed by atoms with Gasteiger partial charge in [-0.2, -0.15) is 0 Å². The normalized spacial score (nSPS) is 19.2. The van der Waals surface area contributed by atoms with E-state index in [-0.39, 0.29) is 5.91 Å². The van der Waals surface area contributed by atoms with Gasteiger partial charge in [-0.05, 0) is 30.7 Å². The monoisotopic (exact) mass is 369 g/mol. The summed E-state index contributed by atoms with van der Waals surface area (Å²) in [5.74, 6) is -0.0722. The number of hydrogen-bond donors (Lipinski definition) is 0. The Morgan fingerprint density at radius 1 is 1.12 bits per heavy atom. The maximum Gasteiger partial charge on any atom is 0.278 e. The fourth-order valence-electron chi connectivity index (χ4n) is 3.29. The Morgan fingerprint density at radius 2 is 1.88 bits per heavy atom. The molecule has 6 heteroatoms. The van der Waals surface area contributed by atoms with Gasteiger partial charge in [0.15, 0.2) is 0 Å². The highest BCUT2D eigenvalue weighted by Crippen LogP contribution is 2.33. The summed E-state index contributed by atoms with van der Waals surface area (Å²) >= 11 is 6.21. The lowest BCUT2D eigenvalue weighted by molar-refractivity contribution is -0.112. The lowest BCUT2D eigenvalue weighted by Gasteiger charge is -2.30. The molecule has 0 bridgehead atoms. The smallest absolute Gasteiger partial charge is 0.278 e. The molecule has 0 spiro atoms. The van der Waals surface area contributed by atoms with E-state index < -0.39 is 0 Å². The topological polar surface area (TPSA) is 45.1 Å². The van der Waals surface area contributed by atoms with Crippen LogP contribution in [0.1, 0.15) is 11.1 Å². The zero-order valence-electron chi connectivity index (χ0n) is 14.6. The van der Waals surface area contributed by atoms with Crippen molar-refractivity contribution in [1.82, 2.24) is 4.90 Å². The molecular formula is C20H20ClN3O2. The quantitative estimate of drug-likeness (QED) is 0.832. The molecule has 0 aromatic heterocycles. The molecule has 0 aliphatic carbocycles. The maximum absolute atomic E-state index is 13.1. The number of morpholine rings is 1. The first-order chi connectivity index (χ1) is 12.6. The number of rotatable bonds is 3. The van der Waals surface area contributed by atoms with Crippen LogP contribution in [-0.2, 0) is 9.53 Å². The average Bonchev–Trinajstić information content (AvgIpc) is 2.92. The molecule has 1 fully saturated rings. The third-order valence-corrected chi connectivity index (χ3v) is 5.22. The number of carbonyl (C=O) groups excluding carboxylic acids is 1. The molecule has 0 atom stereocenters. The molecule has 0 radical (unpaired) electrons. The van der Waals surface area contributed by atoms with Crippen molar-refractivity contribution in [3.63, 3.8) is 0 Å². The van der Waals surface area contributed by atoms with Gasteiger partial charge >= 0.3 is 0 Å². The van der Waals surface area contributed by atoms with Crippen LogP contribution in [0.25, 0.3) is 0 Å². The van der Waals surface area contributed by atoms with E-state index in [2.05, 4.69) is 9.89 Å². The van der Waals surface area contributed by atoms with E-state index >= 15 is 0 Å². The highest BCUT2D eigenvalue weighted by molar-refractivity contribution is 6.54. The van der Waals surface area contributed by atoms with Crippen LogP contribution in [-0.4, -0.2) is 49.5 Å². The van der Waals surface area contributed by atoms with Crippen LogP contribution in [0.15, 0.2) is 47.5 Å². The van der Waals surface area contributed by atoms with Gasteiger partial charge in [0.2, 0.25) is 0 Å².